The predicted octanol–water partition coefficient (Wildman–Crippen LogP) is -3.24. The molecule has 5 aliphatic rings. The second-order valence-corrected chi connectivity index (χ2v) is 25.5. The van der Waals surface area contributed by atoms with Gasteiger partial charge in [0.05, 0.1) is 75.0 Å². The summed E-state index contributed by atoms with van der Waals surface area (Å²) in [6, 6.07) is -4.19. The van der Waals surface area contributed by atoms with Crippen LogP contribution >= 0.6 is 56.9 Å². The lowest BCUT2D eigenvalue weighted by Gasteiger charge is -2.48. The van der Waals surface area contributed by atoms with Crippen LogP contribution in [0.15, 0.2) is 0 Å². The van der Waals surface area contributed by atoms with Gasteiger partial charge in [0.1, 0.15) is 54.3 Å². The molecule has 18 N–H and O–H groups in total. The summed E-state index contributed by atoms with van der Waals surface area (Å²) in [5.74, 6) is 3.43. The van der Waals surface area contributed by atoms with Crippen LogP contribution in [-0.2, 0) is 38.0 Å². The van der Waals surface area contributed by atoms with Crippen LogP contribution in [0.1, 0.15) is 46.0 Å². The van der Waals surface area contributed by atoms with Crippen molar-refractivity contribution in [1.82, 2.24) is 10.2 Å². The van der Waals surface area contributed by atoms with Gasteiger partial charge in [0.15, 0.2) is 12.6 Å². The number of likely N-dealkylation sites (N-methyl/N-ethyl adjacent to an activating group) is 1. The topological polar surface area (TPSA) is 369 Å². The molecule has 0 aromatic carbocycles. The third-order valence-electron chi connectivity index (χ3n) is 13.8. The van der Waals surface area contributed by atoms with E-state index in [0.29, 0.717) is 49.6 Å². The van der Waals surface area contributed by atoms with Crippen LogP contribution in [0.25, 0.3) is 0 Å². The lowest BCUT2D eigenvalue weighted by atomic mass is 9.84. The van der Waals surface area contributed by atoms with Gasteiger partial charge >= 0.3 is 0 Å². The van der Waals surface area contributed by atoms with Crippen molar-refractivity contribution < 1.29 is 73.7 Å². The number of hydrogen-bond donors (Lipinski definition) is 13. The van der Waals surface area contributed by atoms with Crippen LogP contribution in [-0.4, -0.2) is 261 Å². The Morgan fingerprint density at radius 1 is 0.746 bits per heavy atom. The number of nitrogens with zero attached hydrogens (tertiary/aromatic N) is 1. The highest BCUT2D eigenvalue weighted by molar-refractivity contribution is 8.76. The maximum absolute atomic E-state index is 13.7. The van der Waals surface area contributed by atoms with Gasteiger partial charge in [0.25, 0.3) is 0 Å². The molecule has 4 aliphatic heterocycles. The highest BCUT2D eigenvalue weighted by Gasteiger charge is 2.51. The molecule has 416 valence electrons. The number of aliphatic hydroxyl groups excluding tert-OH is 7. The summed E-state index contributed by atoms with van der Waals surface area (Å²) in [5, 5.41) is 78.7. The lowest BCUT2D eigenvalue weighted by molar-refractivity contribution is -0.309. The van der Waals surface area contributed by atoms with E-state index in [1.807, 2.05) is 14.0 Å². The summed E-state index contributed by atoms with van der Waals surface area (Å²) in [6.45, 7) is 7.04. The van der Waals surface area contributed by atoms with Crippen molar-refractivity contribution in [3.8, 4) is 0 Å². The Morgan fingerprint density at radius 2 is 1.37 bits per heavy atom. The molecule has 0 aromatic rings. The van der Waals surface area contributed by atoms with Crippen LogP contribution in [0.3, 0.4) is 0 Å². The van der Waals surface area contributed by atoms with E-state index in [-0.39, 0.29) is 36.6 Å². The lowest BCUT2D eigenvalue weighted by Crippen LogP contribution is -2.68. The predicted molar refractivity (Wildman–Crippen MR) is 279 cm³/mol. The van der Waals surface area contributed by atoms with Gasteiger partial charge < -0.3 is 103 Å². The SMILES string of the molecule is CCC[C@@H]1C[C@@H](C(=O)NC([C@H]2O[C@H](SC)[C@H](O)[C@@H](O)[C@H]2O)[C@@H](C)SCCOCCSSCCOCCSC[C@H]2O[C@@H](O[C@@H]3[C@@H](O)[C@H](O[C@H]4O[C@H](CN)[C@@H](O)C[C@H]4N)[C@@H](N)C[C@H]3N)[C@H](O)[C@@H](N)[C@@H]2O)N(C)C1. The van der Waals surface area contributed by atoms with E-state index in [1.54, 1.807) is 39.6 Å². The minimum Gasteiger partial charge on any atom is -0.390 e. The molecule has 1 amide bonds. The zero-order valence-corrected chi connectivity index (χ0v) is 45.4. The fourth-order valence-electron chi connectivity index (χ4n) is 9.76. The third-order valence-corrected chi connectivity index (χ3v) is 19.3. The van der Waals surface area contributed by atoms with E-state index in [0.717, 1.165) is 37.3 Å². The van der Waals surface area contributed by atoms with Gasteiger partial charge in [-0.2, -0.15) is 23.5 Å². The molecule has 1 saturated carbocycles. The van der Waals surface area contributed by atoms with Crippen molar-refractivity contribution in [2.75, 3.05) is 81.6 Å². The van der Waals surface area contributed by atoms with Crippen LogP contribution in [0, 0.1) is 5.92 Å². The molecule has 27 heteroatoms. The number of carbonyl (C=O) groups is 1. The smallest absolute Gasteiger partial charge is 0.237 e. The largest absolute Gasteiger partial charge is 0.390 e. The Labute approximate surface area is 439 Å². The Kier molecular flexibility index (Phi) is 27.3. The Bertz CT molecular complexity index is 1540. The molecule has 1 unspecified atom stereocenters. The second-order valence-electron chi connectivity index (χ2n) is 19.2. The quantitative estimate of drug-likeness (QED) is 0.0270. The molecule has 4 heterocycles. The van der Waals surface area contributed by atoms with E-state index in [4.69, 9.17) is 61.8 Å². The molecule has 0 spiro atoms. The van der Waals surface area contributed by atoms with Crippen molar-refractivity contribution in [3.05, 3.63) is 0 Å². The maximum Gasteiger partial charge on any atom is 0.237 e. The molecule has 23 atom stereocenters. The second kappa shape index (κ2) is 31.1. The van der Waals surface area contributed by atoms with Gasteiger partial charge in [0, 0.05) is 59.2 Å². The molecule has 1 aliphatic carbocycles. The zero-order chi connectivity index (χ0) is 51.9. The molecule has 4 saturated heterocycles. The van der Waals surface area contributed by atoms with Crippen LogP contribution in [0.4, 0.5) is 0 Å². The van der Waals surface area contributed by atoms with Crippen molar-refractivity contribution in [1.29, 1.82) is 0 Å². The molecule has 71 heavy (non-hydrogen) atoms. The standard InChI is InChI=1S/C44H85N7O15S5/c1-5-6-22-15-26(51(3)19-22)41(59)50-31(40-35(56)34(55)36(57)44(66-40)67-4)21(2)69-12-8-61-10-14-71-70-13-9-60-7-11-68-20-29-32(53)30(49)33(54)43(63-29)65-39-24(47)16-23(46)38(37(39)58)64-42-25(48)17-27(52)28(18-45)62-42/h21-40,42-44,52-58H,5-20,45-49H2,1-4H3,(H,50,59)/t21-,22-,23+,24-,25-,26+,27+,28-,29-,30+,31?,32-,33-,34+,35-,36-,37+,38-,39+,40-,42-,43+,44-/m1/s1. The van der Waals surface area contributed by atoms with Crippen LogP contribution in [0.2, 0.25) is 0 Å². The Hall–Kier alpha value is 0.420. The first-order valence-corrected chi connectivity index (χ1v) is 30.8. The normalized spacial score (nSPS) is 41.2. The number of aliphatic hydroxyl groups is 7. The van der Waals surface area contributed by atoms with E-state index < -0.39 is 121 Å². The summed E-state index contributed by atoms with van der Waals surface area (Å²) in [6.07, 6.45) is -10.7. The first kappa shape index (κ1) is 62.3. The molecule has 0 radical (unpaired) electrons. The maximum atomic E-state index is 13.7. The van der Waals surface area contributed by atoms with Gasteiger partial charge in [-0.25, -0.2) is 0 Å². The van der Waals surface area contributed by atoms with Gasteiger partial charge in [-0.15, -0.1) is 11.8 Å². The molecular formula is C44H85N7O15S5. The molecule has 5 rings (SSSR count). The molecular weight excluding hydrogens is 1030 g/mol. The van der Waals surface area contributed by atoms with Crippen LogP contribution in [0.5, 0.6) is 0 Å². The van der Waals surface area contributed by atoms with Gasteiger partial charge in [0.2, 0.25) is 5.91 Å². The first-order chi connectivity index (χ1) is 33.9. The van der Waals surface area contributed by atoms with Gasteiger partial charge in [-0.3, -0.25) is 9.69 Å². The summed E-state index contributed by atoms with van der Waals surface area (Å²) in [4.78, 5) is 15.8. The molecule has 0 aromatic heterocycles. The minimum atomic E-state index is -1.43. The summed E-state index contributed by atoms with van der Waals surface area (Å²) < 4.78 is 41.8. The van der Waals surface area contributed by atoms with Crippen molar-refractivity contribution >= 4 is 62.8 Å². The zero-order valence-electron chi connectivity index (χ0n) is 41.4. The number of amides is 1. The molecule has 5 fully saturated rings. The van der Waals surface area contributed by atoms with Crippen molar-refractivity contribution in [3.63, 3.8) is 0 Å². The molecule has 22 nitrogen and oxygen atoms in total. The number of rotatable bonds is 28. The summed E-state index contributed by atoms with van der Waals surface area (Å²) >= 11 is 4.32. The highest BCUT2D eigenvalue weighted by atomic mass is 33.1. The van der Waals surface area contributed by atoms with Gasteiger partial charge in [-0.1, -0.05) is 41.9 Å². The number of carbonyl (C=O) groups excluding carboxylic acids is 1. The highest BCUT2D eigenvalue weighted by Crippen LogP contribution is 2.34. The summed E-state index contributed by atoms with van der Waals surface area (Å²) in [5.41, 5.74) is 30.1. The van der Waals surface area contributed by atoms with E-state index in [2.05, 4.69) is 17.1 Å². The summed E-state index contributed by atoms with van der Waals surface area (Å²) in [7, 11) is 5.33. The fraction of sp³-hybridized carbons (Fsp3) is 0.977. The Morgan fingerprint density at radius 3 is 2.00 bits per heavy atom. The molecule has 0 bridgehead atoms. The average Bonchev–Trinajstić information content (AvgIpc) is 3.71. The van der Waals surface area contributed by atoms with E-state index in [1.165, 1.54) is 23.5 Å². The Balaban J connectivity index is 0.944. The van der Waals surface area contributed by atoms with Gasteiger partial charge in [-0.05, 0) is 44.9 Å². The fourth-order valence-corrected chi connectivity index (χ4v) is 14.1. The third kappa shape index (κ3) is 17.5. The van der Waals surface area contributed by atoms with Crippen molar-refractivity contribution in [2.24, 2.45) is 34.6 Å². The average molecular weight is 1110 g/mol. The minimum absolute atomic E-state index is 0.0409. The van der Waals surface area contributed by atoms with E-state index in [9.17, 15) is 40.5 Å². The monoisotopic (exact) mass is 1110 g/mol. The number of nitrogens with two attached hydrogens (primary N) is 5. The first-order valence-electron chi connectivity index (χ1n) is 24.8. The van der Waals surface area contributed by atoms with Crippen LogP contribution < -0.4 is 34.0 Å². The number of ether oxygens (including phenoxy) is 7. The number of likely N-dealkylation sites (tertiary alicyclic amines) is 1. The number of nitrogens with one attached hydrogen (secondary N) is 1. The van der Waals surface area contributed by atoms with E-state index >= 15 is 0 Å². The number of thioether (sulfide) groups is 3. The van der Waals surface area contributed by atoms with Crippen molar-refractivity contribution in [2.45, 2.75) is 179 Å². The number of hydrogen-bond acceptors (Lipinski definition) is 26.